The van der Waals surface area contributed by atoms with Gasteiger partial charge in [-0.3, -0.25) is 4.79 Å². The van der Waals surface area contributed by atoms with Crippen molar-refractivity contribution in [1.82, 2.24) is 9.88 Å². The Kier molecular flexibility index (Phi) is 3.94. The molecule has 19 heavy (non-hydrogen) atoms. The van der Waals surface area contributed by atoms with Crippen LogP contribution in [0.25, 0.3) is 0 Å². The predicted octanol–water partition coefficient (Wildman–Crippen LogP) is 3.50. The predicted molar refractivity (Wildman–Crippen MR) is 78.4 cm³/mol. The van der Waals surface area contributed by atoms with Gasteiger partial charge < -0.3 is 4.90 Å². The number of hydrogen-bond donors (Lipinski definition) is 0. The number of likely N-dealkylation sites (tertiary alicyclic amines) is 1. The average Bonchev–Trinajstić information content (AvgIpc) is 3.11. The zero-order chi connectivity index (χ0) is 13.1. The molecule has 0 saturated carbocycles. The third-order valence-corrected chi connectivity index (χ3v) is 5.22. The van der Waals surface area contributed by atoms with Crippen molar-refractivity contribution in [2.24, 2.45) is 0 Å². The standard InChI is InChI=1S/C14H16N2OS2/c17-13(10-11-4-3-8-18-11)16-7-2-1-5-12(16)14-15-6-9-19-14/h3-4,6,8-9,12H,1-2,5,7,10H2. The molecule has 2 aromatic rings. The summed E-state index contributed by atoms with van der Waals surface area (Å²) in [5, 5.41) is 5.10. The van der Waals surface area contributed by atoms with Gasteiger partial charge in [-0.1, -0.05) is 6.07 Å². The molecule has 2 aromatic heterocycles. The summed E-state index contributed by atoms with van der Waals surface area (Å²) in [7, 11) is 0. The largest absolute Gasteiger partial charge is 0.333 e. The summed E-state index contributed by atoms with van der Waals surface area (Å²) in [6.07, 6.45) is 5.70. The first kappa shape index (κ1) is 12.8. The Hall–Kier alpha value is -1.20. The molecule has 0 bridgehead atoms. The fourth-order valence-electron chi connectivity index (χ4n) is 2.55. The minimum absolute atomic E-state index is 0.196. The summed E-state index contributed by atoms with van der Waals surface area (Å²) in [5.74, 6) is 0.238. The lowest BCUT2D eigenvalue weighted by Gasteiger charge is -2.34. The fourth-order valence-corrected chi connectivity index (χ4v) is 4.03. The third-order valence-electron chi connectivity index (χ3n) is 3.47. The van der Waals surface area contributed by atoms with Crippen LogP contribution in [0.15, 0.2) is 29.1 Å². The molecule has 3 rings (SSSR count). The molecule has 1 saturated heterocycles. The molecule has 5 heteroatoms. The quantitative estimate of drug-likeness (QED) is 0.867. The topological polar surface area (TPSA) is 33.2 Å². The highest BCUT2D eigenvalue weighted by Gasteiger charge is 2.29. The van der Waals surface area contributed by atoms with Gasteiger partial charge in [0.1, 0.15) is 5.01 Å². The highest BCUT2D eigenvalue weighted by molar-refractivity contribution is 7.10. The molecule has 100 valence electrons. The summed E-state index contributed by atoms with van der Waals surface area (Å²) >= 11 is 3.31. The Labute approximate surface area is 120 Å². The van der Waals surface area contributed by atoms with E-state index >= 15 is 0 Å². The molecule has 1 amide bonds. The van der Waals surface area contributed by atoms with E-state index in [1.165, 1.54) is 6.42 Å². The summed E-state index contributed by atoms with van der Waals surface area (Å²) < 4.78 is 0. The zero-order valence-electron chi connectivity index (χ0n) is 10.6. The number of carbonyl (C=O) groups is 1. The minimum Gasteiger partial charge on any atom is -0.333 e. The first-order chi connectivity index (χ1) is 9.34. The Balaban J connectivity index is 1.75. The molecule has 0 spiro atoms. The second kappa shape index (κ2) is 5.84. The van der Waals surface area contributed by atoms with Crippen molar-refractivity contribution in [1.29, 1.82) is 0 Å². The van der Waals surface area contributed by atoms with E-state index in [-0.39, 0.29) is 11.9 Å². The number of aromatic nitrogens is 1. The molecule has 0 aliphatic carbocycles. The number of amides is 1. The number of hydrogen-bond acceptors (Lipinski definition) is 4. The SMILES string of the molecule is O=C(Cc1cccs1)N1CCCCC1c1nccs1. The van der Waals surface area contributed by atoms with Crippen LogP contribution in [0.3, 0.4) is 0 Å². The van der Waals surface area contributed by atoms with E-state index in [9.17, 15) is 4.79 Å². The van der Waals surface area contributed by atoms with Crippen LogP contribution in [0, 0.1) is 0 Å². The molecule has 0 N–H and O–H groups in total. The Bertz CT molecular complexity index is 522. The van der Waals surface area contributed by atoms with Gasteiger partial charge in [0.05, 0.1) is 12.5 Å². The molecule has 3 nitrogen and oxygen atoms in total. The maximum atomic E-state index is 12.5. The second-order valence-corrected chi connectivity index (χ2v) is 6.68. The van der Waals surface area contributed by atoms with E-state index in [0.717, 1.165) is 29.3 Å². The van der Waals surface area contributed by atoms with Crippen LogP contribution in [0.1, 0.15) is 35.2 Å². The van der Waals surface area contributed by atoms with Gasteiger partial charge in [-0.15, -0.1) is 22.7 Å². The number of carbonyl (C=O) groups excluding carboxylic acids is 1. The van der Waals surface area contributed by atoms with Crippen LogP contribution in [-0.4, -0.2) is 22.3 Å². The van der Waals surface area contributed by atoms with E-state index in [4.69, 9.17) is 0 Å². The minimum atomic E-state index is 0.196. The lowest BCUT2D eigenvalue weighted by atomic mass is 10.0. The second-order valence-electron chi connectivity index (χ2n) is 4.73. The third kappa shape index (κ3) is 2.87. The summed E-state index contributed by atoms with van der Waals surface area (Å²) in [5.41, 5.74) is 0. The van der Waals surface area contributed by atoms with Crippen molar-refractivity contribution in [2.45, 2.75) is 31.7 Å². The van der Waals surface area contributed by atoms with Gasteiger partial charge in [0.25, 0.3) is 0 Å². The highest BCUT2D eigenvalue weighted by Crippen LogP contribution is 2.32. The molecule has 3 heterocycles. The molecule has 0 radical (unpaired) electrons. The number of thiazole rings is 1. The van der Waals surface area contributed by atoms with Crippen LogP contribution in [0.4, 0.5) is 0 Å². The molecule has 1 aliphatic rings. The van der Waals surface area contributed by atoms with E-state index in [1.54, 1.807) is 22.7 Å². The maximum Gasteiger partial charge on any atom is 0.228 e. The zero-order valence-corrected chi connectivity index (χ0v) is 12.3. The van der Waals surface area contributed by atoms with Crippen molar-refractivity contribution in [2.75, 3.05) is 6.54 Å². The van der Waals surface area contributed by atoms with E-state index in [0.29, 0.717) is 6.42 Å². The Morgan fingerprint density at radius 1 is 1.37 bits per heavy atom. The van der Waals surface area contributed by atoms with Crippen molar-refractivity contribution in [3.05, 3.63) is 39.0 Å². The van der Waals surface area contributed by atoms with Crippen molar-refractivity contribution < 1.29 is 4.79 Å². The van der Waals surface area contributed by atoms with Gasteiger partial charge >= 0.3 is 0 Å². The van der Waals surface area contributed by atoms with E-state index in [1.807, 2.05) is 34.0 Å². The number of piperidine rings is 1. The van der Waals surface area contributed by atoms with Crippen LogP contribution < -0.4 is 0 Å². The van der Waals surface area contributed by atoms with Gasteiger partial charge in [0, 0.05) is 23.0 Å². The van der Waals surface area contributed by atoms with Gasteiger partial charge in [-0.05, 0) is 30.7 Å². The first-order valence-electron chi connectivity index (χ1n) is 6.56. The maximum absolute atomic E-state index is 12.5. The van der Waals surface area contributed by atoms with Gasteiger partial charge in [0.15, 0.2) is 0 Å². The van der Waals surface area contributed by atoms with Gasteiger partial charge in [0.2, 0.25) is 5.91 Å². The van der Waals surface area contributed by atoms with E-state index in [2.05, 4.69) is 4.98 Å². The molecule has 0 aromatic carbocycles. The van der Waals surface area contributed by atoms with Crippen molar-refractivity contribution in [3.63, 3.8) is 0 Å². The number of nitrogens with zero attached hydrogens (tertiary/aromatic N) is 2. The number of thiophene rings is 1. The molecule has 1 aliphatic heterocycles. The van der Waals surface area contributed by atoms with Gasteiger partial charge in [-0.2, -0.15) is 0 Å². The molecule has 1 fully saturated rings. The van der Waals surface area contributed by atoms with Crippen LogP contribution >= 0.6 is 22.7 Å². The molecular formula is C14H16N2OS2. The van der Waals surface area contributed by atoms with Crippen LogP contribution in [0.2, 0.25) is 0 Å². The van der Waals surface area contributed by atoms with Gasteiger partial charge in [-0.25, -0.2) is 4.98 Å². The average molecular weight is 292 g/mol. The Morgan fingerprint density at radius 3 is 3.05 bits per heavy atom. The first-order valence-corrected chi connectivity index (χ1v) is 8.32. The lowest BCUT2D eigenvalue weighted by molar-refractivity contribution is -0.134. The van der Waals surface area contributed by atoms with Crippen molar-refractivity contribution >= 4 is 28.6 Å². The summed E-state index contributed by atoms with van der Waals surface area (Å²) in [6, 6.07) is 4.23. The fraction of sp³-hybridized carbons (Fsp3) is 0.429. The summed E-state index contributed by atoms with van der Waals surface area (Å²) in [4.78, 5) is 20.1. The Morgan fingerprint density at radius 2 is 2.32 bits per heavy atom. The van der Waals surface area contributed by atoms with Crippen molar-refractivity contribution in [3.8, 4) is 0 Å². The molecular weight excluding hydrogens is 276 g/mol. The highest BCUT2D eigenvalue weighted by atomic mass is 32.1. The van der Waals surface area contributed by atoms with Crippen LogP contribution in [-0.2, 0) is 11.2 Å². The monoisotopic (exact) mass is 292 g/mol. The number of rotatable bonds is 3. The summed E-state index contributed by atoms with van der Waals surface area (Å²) in [6.45, 7) is 0.869. The smallest absolute Gasteiger partial charge is 0.228 e. The normalized spacial score (nSPS) is 19.6. The van der Waals surface area contributed by atoms with E-state index < -0.39 is 0 Å². The lowest BCUT2D eigenvalue weighted by Crippen LogP contribution is -2.39. The molecule has 1 unspecified atom stereocenters. The van der Waals surface area contributed by atoms with Crippen LogP contribution in [0.5, 0.6) is 0 Å². The molecule has 1 atom stereocenters.